The van der Waals surface area contributed by atoms with Gasteiger partial charge in [0.25, 0.3) is 0 Å². The molecule has 0 saturated heterocycles. The summed E-state index contributed by atoms with van der Waals surface area (Å²) < 4.78 is 11.8. The first-order valence-corrected chi connectivity index (χ1v) is 17.7. The van der Waals surface area contributed by atoms with Crippen molar-refractivity contribution in [2.24, 2.45) is 11.8 Å². The number of aryl methyl sites for hydroxylation is 1. The Morgan fingerprint density at radius 2 is 1.71 bits per heavy atom. The number of allylic oxidation sites excluding steroid dienone is 1. The zero-order chi connectivity index (χ0) is 35.9. The molecule has 9 heteroatoms. The quantitative estimate of drug-likeness (QED) is 0.156. The van der Waals surface area contributed by atoms with Gasteiger partial charge in [-0.3, -0.25) is 9.59 Å². The summed E-state index contributed by atoms with van der Waals surface area (Å²) in [6, 6.07) is 15.9. The fraction of sp³-hybridized carbons (Fsp3) is 0.405. The predicted molar refractivity (Wildman–Crippen MR) is 187 cm³/mol. The Labute approximate surface area is 296 Å². The first-order valence-electron chi connectivity index (χ1n) is 17.7. The number of hydrogen-bond donors (Lipinski definition) is 4. The summed E-state index contributed by atoms with van der Waals surface area (Å²) in [5.74, 6) is 3.56. The summed E-state index contributed by atoms with van der Waals surface area (Å²) in [6.07, 6.45) is 3.53. The van der Waals surface area contributed by atoms with Crippen molar-refractivity contribution >= 4 is 17.7 Å². The minimum atomic E-state index is -1.59. The van der Waals surface area contributed by atoms with E-state index in [1.54, 1.807) is 25.1 Å². The number of phenols is 2. The van der Waals surface area contributed by atoms with Crippen molar-refractivity contribution in [2.75, 3.05) is 0 Å². The first kappa shape index (κ1) is 34.5. The van der Waals surface area contributed by atoms with Crippen molar-refractivity contribution in [2.45, 2.75) is 94.9 Å². The number of hydrogen-bond acceptors (Lipinski definition) is 9. The number of Topliss-reactive ketones (excluding diaryl/α,β-unsaturated/α-hetero) is 1. The average Bonchev–Trinajstić information content (AvgIpc) is 3.10. The highest BCUT2D eigenvalue weighted by atomic mass is 16.6. The zero-order valence-corrected chi connectivity index (χ0v) is 28.6. The Morgan fingerprint density at radius 3 is 2.53 bits per heavy atom. The molecule has 6 atom stereocenters. The van der Waals surface area contributed by atoms with Crippen molar-refractivity contribution < 1.29 is 44.3 Å². The summed E-state index contributed by atoms with van der Waals surface area (Å²) >= 11 is 0. The van der Waals surface area contributed by atoms with E-state index in [9.17, 15) is 34.8 Å². The molecule has 0 amide bonds. The highest BCUT2D eigenvalue weighted by molar-refractivity contribution is 5.89. The van der Waals surface area contributed by atoms with Crippen molar-refractivity contribution in [1.29, 1.82) is 0 Å². The molecule has 264 valence electrons. The van der Waals surface area contributed by atoms with Gasteiger partial charge in [0, 0.05) is 41.9 Å². The molecule has 3 aromatic carbocycles. The molecule has 6 unspecified atom stereocenters. The molecule has 3 heterocycles. The lowest BCUT2D eigenvalue weighted by atomic mass is 9.68. The van der Waals surface area contributed by atoms with Crippen LogP contribution >= 0.6 is 0 Å². The van der Waals surface area contributed by atoms with Gasteiger partial charge in [0.15, 0.2) is 0 Å². The normalized spacial score (nSPS) is 27.9. The Bertz CT molecular complexity index is 1980. The van der Waals surface area contributed by atoms with Crippen LogP contribution in [-0.2, 0) is 45.0 Å². The van der Waals surface area contributed by atoms with Gasteiger partial charge in [0.05, 0.1) is 18.9 Å². The van der Waals surface area contributed by atoms with E-state index in [4.69, 9.17) is 9.47 Å². The Kier molecular flexibility index (Phi) is 9.49. The number of esters is 2. The number of benzene rings is 3. The fourth-order valence-electron chi connectivity index (χ4n) is 8.13. The summed E-state index contributed by atoms with van der Waals surface area (Å²) in [5, 5.41) is 44.2. The molecule has 7 rings (SSSR count). The van der Waals surface area contributed by atoms with E-state index in [1.165, 1.54) is 12.1 Å². The van der Waals surface area contributed by atoms with Crippen LogP contribution in [0.25, 0.3) is 0 Å². The van der Waals surface area contributed by atoms with Crippen LogP contribution in [0, 0.1) is 23.7 Å². The Morgan fingerprint density at radius 1 is 0.902 bits per heavy atom. The van der Waals surface area contributed by atoms with Gasteiger partial charge in [-0.2, -0.15) is 0 Å². The van der Waals surface area contributed by atoms with Crippen molar-refractivity contribution in [1.82, 2.24) is 0 Å². The van der Waals surface area contributed by atoms with E-state index >= 15 is 0 Å². The zero-order valence-electron chi connectivity index (χ0n) is 28.6. The molecule has 0 aromatic heterocycles. The minimum Gasteiger partial charge on any atom is -0.508 e. The standard InChI is InChI=1S/C42H42O9/c1-42(49)33-10-11-36(45)31(17-33)13-25-6-2-4-24(12-25)5-3-7-29-16-27(30-14-26(23-43)15-34(44)18-30)8-9-28-21-40(47)50-38-22-37(46)32(19-35(28)38)20-39(42)51-41(29)48/h2,4,6-7,12,14-15,18-19,22,27-28,31,33,39,43-44,46,49H,3,5,10-11,13,16-17,20-21,23H2,1H3. The highest BCUT2D eigenvalue weighted by Crippen LogP contribution is 2.43. The molecule has 1 fully saturated rings. The molecule has 1 saturated carbocycles. The molecule has 0 spiro atoms. The number of aliphatic hydroxyl groups excluding tert-OH is 1. The number of aliphatic hydroxyl groups is 2. The summed E-state index contributed by atoms with van der Waals surface area (Å²) in [4.78, 5) is 40.3. The van der Waals surface area contributed by atoms with E-state index in [0.29, 0.717) is 66.4 Å². The van der Waals surface area contributed by atoms with Gasteiger partial charge in [-0.15, -0.1) is 0 Å². The topological polar surface area (TPSA) is 151 Å². The largest absolute Gasteiger partial charge is 0.508 e. The lowest BCUT2D eigenvalue weighted by molar-refractivity contribution is -0.170. The third kappa shape index (κ3) is 7.30. The van der Waals surface area contributed by atoms with E-state index in [-0.39, 0.29) is 60.7 Å². The second-order valence-corrected chi connectivity index (χ2v) is 14.6. The van der Waals surface area contributed by atoms with Crippen LogP contribution in [0.4, 0.5) is 0 Å². The van der Waals surface area contributed by atoms with Gasteiger partial charge in [-0.05, 0) is 97.4 Å². The number of aromatic hydroxyl groups is 2. The number of carbonyl (C=O) groups excluding carboxylic acids is 3. The maximum absolute atomic E-state index is 14.4. The van der Waals surface area contributed by atoms with Crippen molar-refractivity contribution in [3.63, 3.8) is 0 Å². The molecular formula is C42H42O9. The monoisotopic (exact) mass is 690 g/mol. The molecule has 9 nitrogen and oxygen atoms in total. The molecule has 3 aliphatic heterocycles. The number of phenolic OH excluding ortho intramolecular Hbond substituents is 2. The summed E-state index contributed by atoms with van der Waals surface area (Å²) in [6.45, 7) is 1.33. The number of fused-ring (bicyclic) bond motifs is 8. The molecule has 8 bridgehead atoms. The number of rotatable bonds is 2. The Hall–Kier alpha value is -4.91. The maximum atomic E-state index is 14.4. The SMILES string of the molecule is CC1(O)C2CCC(=O)C(Cc3cccc(c3)CCC=C3CC(c4cc(O)cc(CO)c4)C#CC4CC(=O)Oc5cc(O)c(cc54)CC1OC3=O)C2. The Balaban J connectivity index is 1.40. The van der Waals surface area contributed by atoms with Crippen molar-refractivity contribution in [3.05, 3.63) is 99.6 Å². The number of ketones is 1. The lowest BCUT2D eigenvalue weighted by Crippen LogP contribution is -2.52. The van der Waals surface area contributed by atoms with Crippen LogP contribution in [0.5, 0.6) is 17.2 Å². The van der Waals surface area contributed by atoms with E-state index in [1.807, 2.05) is 24.3 Å². The van der Waals surface area contributed by atoms with Crippen LogP contribution in [0.1, 0.15) is 90.7 Å². The smallest absolute Gasteiger partial charge is 0.334 e. The maximum Gasteiger partial charge on any atom is 0.334 e. The van der Waals surface area contributed by atoms with Crippen LogP contribution in [0.2, 0.25) is 0 Å². The van der Waals surface area contributed by atoms with E-state index < -0.39 is 35.5 Å². The van der Waals surface area contributed by atoms with Gasteiger partial charge in [-0.25, -0.2) is 4.79 Å². The van der Waals surface area contributed by atoms with Crippen LogP contribution < -0.4 is 4.74 Å². The molecule has 3 aromatic rings. The third-order valence-electron chi connectivity index (χ3n) is 11.1. The molecule has 4 N–H and O–H groups in total. The molecule has 0 radical (unpaired) electrons. The second kappa shape index (κ2) is 14.0. The van der Waals surface area contributed by atoms with E-state index in [2.05, 4.69) is 17.9 Å². The fourth-order valence-corrected chi connectivity index (χ4v) is 8.13. The van der Waals surface area contributed by atoms with E-state index in [0.717, 1.165) is 11.1 Å². The van der Waals surface area contributed by atoms with Gasteiger partial charge in [-0.1, -0.05) is 48.2 Å². The number of carbonyl (C=O) groups is 3. The summed E-state index contributed by atoms with van der Waals surface area (Å²) in [5.41, 5.74) is 2.88. The summed E-state index contributed by atoms with van der Waals surface area (Å²) in [7, 11) is 0. The van der Waals surface area contributed by atoms with Gasteiger partial charge in [0.1, 0.15) is 34.7 Å². The minimum absolute atomic E-state index is 0.0330. The van der Waals surface area contributed by atoms with Gasteiger partial charge in [0.2, 0.25) is 0 Å². The lowest BCUT2D eigenvalue weighted by Gasteiger charge is -2.42. The van der Waals surface area contributed by atoms with Gasteiger partial charge >= 0.3 is 11.9 Å². The second-order valence-electron chi connectivity index (χ2n) is 14.6. The van der Waals surface area contributed by atoms with Crippen LogP contribution in [0.15, 0.2) is 66.2 Å². The van der Waals surface area contributed by atoms with Crippen molar-refractivity contribution in [3.8, 4) is 29.1 Å². The van der Waals surface area contributed by atoms with Crippen LogP contribution in [0.3, 0.4) is 0 Å². The van der Waals surface area contributed by atoms with Crippen LogP contribution in [-0.4, -0.2) is 49.9 Å². The first-order chi connectivity index (χ1) is 24.5. The number of ether oxygens (including phenoxy) is 2. The molecular weight excluding hydrogens is 648 g/mol. The molecule has 51 heavy (non-hydrogen) atoms. The average molecular weight is 691 g/mol. The highest BCUT2D eigenvalue weighted by Gasteiger charge is 2.46. The van der Waals surface area contributed by atoms with Gasteiger partial charge < -0.3 is 29.9 Å². The molecule has 1 aliphatic carbocycles. The third-order valence-corrected chi connectivity index (χ3v) is 11.1. The molecule has 4 aliphatic rings. The predicted octanol–water partition coefficient (Wildman–Crippen LogP) is 5.48.